The van der Waals surface area contributed by atoms with Crippen LogP contribution in [0.2, 0.25) is 0 Å². The highest BCUT2D eigenvalue weighted by atomic mass is 16.5. The van der Waals surface area contributed by atoms with E-state index in [1.54, 1.807) is 7.11 Å². The average Bonchev–Trinajstić information content (AvgIpc) is 2.88. The fraction of sp³-hybridized carbons (Fsp3) is 0.571. The first-order chi connectivity index (χ1) is 16.8. The van der Waals surface area contributed by atoms with E-state index in [2.05, 4.69) is 59.6 Å². The van der Waals surface area contributed by atoms with Gasteiger partial charge in [-0.05, 0) is 54.6 Å². The number of nitrogens with zero attached hydrogens (tertiary/aromatic N) is 1. The number of hydrogen-bond donors (Lipinski definition) is 1. The van der Waals surface area contributed by atoms with Gasteiger partial charge in [0, 0.05) is 39.3 Å². The van der Waals surface area contributed by atoms with Gasteiger partial charge in [0.2, 0.25) is 0 Å². The van der Waals surface area contributed by atoms with Crippen LogP contribution in [-0.4, -0.2) is 59.2 Å². The quantitative estimate of drug-likeness (QED) is 0.463. The summed E-state index contributed by atoms with van der Waals surface area (Å²) in [4.78, 5) is 2.43. The van der Waals surface area contributed by atoms with Crippen LogP contribution in [0, 0.1) is 0 Å². The molecule has 2 aliphatic rings. The maximum atomic E-state index is 6.50. The standard InChI is InChI=1S/C28H40N2O4/c1-3-13-30-14-17-33-27-10-7-23(18-26(27)30)21-34-28-19-29-12-11-25(28)24-8-5-22(6-9-24)20-32-16-4-15-31-2/h5-10,18,25,28-29H,3-4,11-17,19-21H2,1-2H3/t25?,28-/m0/s1. The summed E-state index contributed by atoms with van der Waals surface area (Å²) in [6, 6.07) is 15.4. The number of hydrogen-bond acceptors (Lipinski definition) is 6. The molecule has 2 atom stereocenters. The normalized spacial score (nSPS) is 20.1. The van der Waals surface area contributed by atoms with E-state index >= 15 is 0 Å². The topological polar surface area (TPSA) is 52.2 Å². The highest BCUT2D eigenvalue weighted by Crippen LogP contribution is 2.34. The summed E-state index contributed by atoms with van der Waals surface area (Å²) in [7, 11) is 1.72. The molecule has 0 aromatic heterocycles. The highest BCUT2D eigenvalue weighted by Gasteiger charge is 2.27. The summed E-state index contributed by atoms with van der Waals surface area (Å²) in [5.41, 5.74) is 4.96. The van der Waals surface area contributed by atoms with Crippen molar-refractivity contribution in [2.24, 2.45) is 0 Å². The Labute approximate surface area is 204 Å². The van der Waals surface area contributed by atoms with Crippen LogP contribution < -0.4 is 15.0 Å². The van der Waals surface area contributed by atoms with E-state index in [0.717, 1.165) is 71.0 Å². The second-order valence-electron chi connectivity index (χ2n) is 9.23. The lowest BCUT2D eigenvalue weighted by molar-refractivity contribution is 0.0106. The third kappa shape index (κ3) is 6.72. The van der Waals surface area contributed by atoms with Gasteiger partial charge in [-0.3, -0.25) is 0 Å². The van der Waals surface area contributed by atoms with Crippen LogP contribution in [-0.2, 0) is 27.4 Å². The molecule has 2 aromatic carbocycles. The van der Waals surface area contributed by atoms with Gasteiger partial charge in [0.05, 0.1) is 31.5 Å². The lowest BCUT2D eigenvalue weighted by atomic mass is 9.87. The van der Waals surface area contributed by atoms with Gasteiger partial charge in [0.15, 0.2) is 0 Å². The van der Waals surface area contributed by atoms with E-state index in [0.29, 0.717) is 19.1 Å². The molecule has 1 unspecified atom stereocenters. The largest absolute Gasteiger partial charge is 0.490 e. The van der Waals surface area contributed by atoms with Crippen LogP contribution in [0.15, 0.2) is 42.5 Å². The summed E-state index contributed by atoms with van der Waals surface area (Å²) in [5.74, 6) is 1.39. The number of rotatable bonds is 12. The molecular formula is C28H40N2O4. The number of anilines is 1. The van der Waals surface area contributed by atoms with Crippen molar-refractivity contribution >= 4 is 5.69 Å². The molecule has 34 heavy (non-hydrogen) atoms. The minimum absolute atomic E-state index is 0.156. The van der Waals surface area contributed by atoms with E-state index in [9.17, 15) is 0 Å². The molecule has 1 N–H and O–H groups in total. The average molecular weight is 469 g/mol. The Balaban J connectivity index is 1.34. The van der Waals surface area contributed by atoms with Gasteiger partial charge in [-0.15, -0.1) is 0 Å². The summed E-state index contributed by atoms with van der Waals surface area (Å²) in [5, 5.41) is 3.52. The van der Waals surface area contributed by atoms with Crippen molar-refractivity contribution in [3.8, 4) is 5.75 Å². The van der Waals surface area contributed by atoms with Crippen LogP contribution in [0.3, 0.4) is 0 Å². The Bertz CT molecular complexity index is 873. The Morgan fingerprint density at radius 3 is 2.74 bits per heavy atom. The van der Waals surface area contributed by atoms with Crippen molar-refractivity contribution in [2.45, 2.75) is 51.4 Å². The van der Waals surface area contributed by atoms with Crippen LogP contribution in [0.5, 0.6) is 5.75 Å². The van der Waals surface area contributed by atoms with Crippen molar-refractivity contribution in [2.75, 3.05) is 58.0 Å². The lowest BCUT2D eigenvalue weighted by Gasteiger charge is -2.33. The second kappa shape index (κ2) is 13.1. The molecule has 2 heterocycles. The molecule has 1 saturated heterocycles. The zero-order chi connectivity index (χ0) is 23.6. The van der Waals surface area contributed by atoms with Crippen molar-refractivity contribution in [3.63, 3.8) is 0 Å². The summed E-state index contributed by atoms with van der Waals surface area (Å²) in [6.45, 7) is 9.63. The van der Waals surface area contributed by atoms with Crippen molar-refractivity contribution < 1.29 is 18.9 Å². The number of piperidine rings is 1. The first-order valence-corrected chi connectivity index (χ1v) is 12.8. The van der Waals surface area contributed by atoms with E-state index in [-0.39, 0.29) is 6.10 Å². The molecule has 6 heteroatoms. The van der Waals surface area contributed by atoms with E-state index < -0.39 is 0 Å². The number of nitrogens with one attached hydrogen (secondary N) is 1. The minimum Gasteiger partial charge on any atom is -0.490 e. The molecule has 0 spiro atoms. The predicted octanol–water partition coefficient (Wildman–Crippen LogP) is 4.51. The van der Waals surface area contributed by atoms with Gasteiger partial charge in [-0.2, -0.15) is 0 Å². The van der Waals surface area contributed by atoms with Gasteiger partial charge in [0.1, 0.15) is 12.4 Å². The molecule has 4 rings (SSSR count). The van der Waals surface area contributed by atoms with Gasteiger partial charge < -0.3 is 29.2 Å². The van der Waals surface area contributed by atoms with Crippen LogP contribution in [0.1, 0.15) is 48.8 Å². The van der Waals surface area contributed by atoms with E-state index in [1.165, 1.54) is 22.4 Å². The van der Waals surface area contributed by atoms with Crippen molar-refractivity contribution in [1.29, 1.82) is 0 Å². The molecule has 0 radical (unpaired) electrons. The Kier molecular flexibility index (Phi) is 9.63. The zero-order valence-corrected chi connectivity index (χ0v) is 20.8. The third-order valence-corrected chi connectivity index (χ3v) is 6.68. The SMILES string of the molecule is CCCN1CCOc2ccc(CO[C@H]3CNCCC3c3ccc(COCCCOC)cc3)cc21. The number of fused-ring (bicyclic) bond motifs is 1. The van der Waals surface area contributed by atoms with Crippen molar-refractivity contribution in [1.82, 2.24) is 5.32 Å². The monoisotopic (exact) mass is 468 g/mol. The number of ether oxygens (including phenoxy) is 4. The lowest BCUT2D eigenvalue weighted by Crippen LogP contribution is -2.41. The van der Waals surface area contributed by atoms with Crippen molar-refractivity contribution in [3.05, 3.63) is 59.2 Å². The molecule has 2 aromatic rings. The molecule has 2 aliphatic heterocycles. The van der Waals surface area contributed by atoms with Gasteiger partial charge in [0.25, 0.3) is 0 Å². The minimum atomic E-state index is 0.156. The maximum absolute atomic E-state index is 6.50. The molecule has 0 amide bonds. The Morgan fingerprint density at radius 1 is 1.06 bits per heavy atom. The summed E-state index contributed by atoms with van der Waals surface area (Å²) >= 11 is 0. The third-order valence-electron chi connectivity index (χ3n) is 6.68. The van der Waals surface area contributed by atoms with E-state index in [4.69, 9.17) is 18.9 Å². The molecule has 186 valence electrons. The summed E-state index contributed by atoms with van der Waals surface area (Å²) in [6.07, 6.45) is 3.30. The molecule has 1 fully saturated rings. The number of methoxy groups -OCH3 is 1. The molecule has 0 bridgehead atoms. The maximum Gasteiger partial charge on any atom is 0.142 e. The molecular weight excluding hydrogens is 428 g/mol. The molecule has 0 aliphatic carbocycles. The molecule has 6 nitrogen and oxygen atoms in total. The fourth-order valence-electron chi connectivity index (χ4n) is 4.86. The van der Waals surface area contributed by atoms with Gasteiger partial charge in [-0.1, -0.05) is 37.3 Å². The summed E-state index contributed by atoms with van der Waals surface area (Å²) < 4.78 is 23.2. The highest BCUT2D eigenvalue weighted by molar-refractivity contribution is 5.61. The predicted molar refractivity (Wildman–Crippen MR) is 136 cm³/mol. The zero-order valence-electron chi connectivity index (χ0n) is 20.8. The second-order valence-corrected chi connectivity index (χ2v) is 9.23. The Hall–Kier alpha value is -2.12. The van der Waals surface area contributed by atoms with Gasteiger partial charge in [-0.25, -0.2) is 0 Å². The van der Waals surface area contributed by atoms with Gasteiger partial charge >= 0.3 is 0 Å². The van der Waals surface area contributed by atoms with Crippen LogP contribution in [0.25, 0.3) is 0 Å². The first-order valence-electron chi connectivity index (χ1n) is 12.8. The van der Waals surface area contributed by atoms with E-state index in [1.807, 2.05) is 0 Å². The molecule has 0 saturated carbocycles. The number of benzene rings is 2. The van der Waals surface area contributed by atoms with Crippen LogP contribution >= 0.6 is 0 Å². The van der Waals surface area contributed by atoms with Crippen LogP contribution in [0.4, 0.5) is 5.69 Å². The smallest absolute Gasteiger partial charge is 0.142 e. The Morgan fingerprint density at radius 2 is 1.91 bits per heavy atom. The fourth-order valence-corrected chi connectivity index (χ4v) is 4.86. The first kappa shape index (κ1) is 25.0.